The highest BCUT2D eigenvalue weighted by Crippen LogP contribution is 2.28. The summed E-state index contributed by atoms with van der Waals surface area (Å²) in [6.07, 6.45) is -0.335. The zero-order chi connectivity index (χ0) is 22.4. The number of aromatic nitrogens is 3. The van der Waals surface area contributed by atoms with Gasteiger partial charge >= 0.3 is 0 Å². The molecule has 0 bridgehead atoms. The van der Waals surface area contributed by atoms with E-state index in [0.717, 1.165) is 5.75 Å². The van der Waals surface area contributed by atoms with Gasteiger partial charge in [0.1, 0.15) is 17.3 Å². The van der Waals surface area contributed by atoms with Crippen LogP contribution in [0.2, 0.25) is 0 Å². The van der Waals surface area contributed by atoms with Crippen LogP contribution in [0.1, 0.15) is 32.7 Å². The SMILES string of the molecule is CCn1c(SC(C)C(=O)Nc2ccc(F)cc2)nnc1C(C)Oc1ccc(OC)cc1. The lowest BCUT2D eigenvalue weighted by Crippen LogP contribution is -2.23. The monoisotopic (exact) mass is 444 g/mol. The molecule has 1 amide bonds. The van der Waals surface area contributed by atoms with E-state index in [-0.39, 0.29) is 17.8 Å². The summed E-state index contributed by atoms with van der Waals surface area (Å²) in [4.78, 5) is 12.5. The topological polar surface area (TPSA) is 78.3 Å². The normalized spacial score (nSPS) is 12.8. The lowest BCUT2D eigenvalue weighted by Gasteiger charge is -2.16. The van der Waals surface area contributed by atoms with Gasteiger partial charge in [-0.05, 0) is 69.3 Å². The van der Waals surface area contributed by atoms with E-state index in [9.17, 15) is 9.18 Å². The average Bonchev–Trinajstić information content (AvgIpc) is 3.18. The van der Waals surface area contributed by atoms with E-state index in [1.165, 1.54) is 36.0 Å². The molecule has 3 rings (SSSR count). The zero-order valence-corrected chi connectivity index (χ0v) is 18.6. The molecule has 1 heterocycles. The van der Waals surface area contributed by atoms with Crippen LogP contribution in [0, 0.1) is 5.82 Å². The maximum atomic E-state index is 13.0. The maximum absolute atomic E-state index is 13.0. The van der Waals surface area contributed by atoms with E-state index in [4.69, 9.17) is 9.47 Å². The fourth-order valence-electron chi connectivity index (χ4n) is 2.89. The Morgan fingerprint density at radius 2 is 1.74 bits per heavy atom. The Hall–Kier alpha value is -3.07. The Labute approximate surface area is 185 Å². The third-order valence-electron chi connectivity index (χ3n) is 4.56. The molecule has 0 saturated carbocycles. The second kappa shape index (κ2) is 10.3. The summed E-state index contributed by atoms with van der Waals surface area (Å²) in [6.45, 7) is 6.31. The fourth-order valence-corrected chi connectivity index (χ4v) is 3.81. The van der Waals surface area contributed by atoms with Gasteiger partial charge in [-0.2, -0.15) is 0 Å². The Morgan fingerprint density at radius 1 is 1.10 bits per heavy atom. The summed E-state index contributed by atoms with van der Waals surface area (Å²) >= 11 is 1.31. The highest BCUT2D eigenvalue weighted by atomic mass is 32.2. The number of amides is 1. The number of halogens is 1. The first-order chi connectivity index (χ1) is 14.9. The highest BCUT2D eigenvalue weighted by Gasteiger charge is 2.23. The van der Waals surface area contributed by atoms with Crippen molar-refractivity contribution < 1.29 is 18.7 Å². The summed E-state index contributed by atoms with van der Waals surface area (Å²) in [5, 5.41) is 11.5. The zero-order valence-electron chi connectivity index (χ0n) is 17.8. The van der Waals surface area contributed by atoms with Gasteiger partial charge in [-0.3, -0.25) is 4.79 Å². The van der Waals surface area contributed by atoms with Gasteiger partial charge in [0.2, 0.25) is 5.91 Å². The van der Waals surface area contributed by atoms with Crippen LogP contribution < -0.4 is 14.8 Å². The summed E-state index contributed by atoms with van der Waals surface area (Å²) in [5.74, 6) is 1.57. The first-order valence-corrected chi connectivity index (χ1v) is 10.8. The van der Waals surface area contributed by atoms with Crippen molar-refractivity contribution in [2.75, 3.05) is 12.4 Å². The molecule has 0 spiro atoms. The summed E-state index contributed by atoms with van der Waals surface area (Å²) in [7, 11) is 1.61. The number of thioether (sulfide) groups is 1. The molecule has 1 aromatic heterocycles. The molecule has 164 valence electrons. The van der Waals surface area contributed by atoms with Crippen LogP contribution >= 0.6 is 11.8 Å². The van der Waals surface area contributed by atoms with E-state index in [0.29, 0.717) is 29.0 Å². The number of benzene rings is 2. The van der Waals surface area contributed by atoms with Gasteiger partial charge in [0.25, 0.3) is 0 Å². The molecule has 7 nitrogen and oxygen atoms in total. The van der Waals surface area contributed by atoms with Crippen LogP contribution in [0.15, 0.2) is 53.7 Å². The maximum Gasteiger partial charge on any atom is 0.237 e. The minimum absolute atomic E-state index is 0.202. The molecule has 0 fully saturated rings. The van der Waals surface area contributed by atoms with Crippen molar-refractivity contribution in [1.29, 1.82) is 0 Å². The lowest BCUT2D eigenvalue weighted by molar-refractivity contribution is -0.115. The van der Waals surface area contributed by atoms with Crippen molar-refractivity contribution in [3.05, 3.63) is 60.2 Å². The third kappa shape index (κ3) is 5.75. The van der Waals surface area contributed by atoms with Crippen LogP contribution in [0.4, 0.5) is 10.1 Å². The number of carbonyl (C=O) groups is 1. The molecule has 31 heavy (non-hydrogen) atoms. The van der Waals surface area contributed by atoms with Gasteiger partial charge in [0.05, 0.1) is 12.4 Å². The molecular weight excluding hydrogens is 419 g/mol. The molecule has 0 aliphatic heterocycles. The molecule has 9 heteroatoms. The Bertz CT molecular complexity index is 1010. The van der Waals surface area contributed by atoms with Crippen molar-refractivity contribution >= 4 is 23.4 Å². The molecule has 2 unspecified atom stereocenters. The number of carbonyl (C=O) groups excluding carboxylic acids is 1. The van der Waals surface area contributed by atoms with Crippen molar-refractivity contribution in [2.24, 2.45) is 0 Å². The fraction of sp³-hybridized carbons (Fsp3) is 0.318. The molecule has 3 aromatic rings. The number of nitrogens with one attached hydrogen (secondary N) is 1. The van der Waals surface area contributed by atoms with Gasteiger partial charge < -0.3 is 19.4 Å². The molecular formula is C22H25FN4O3S. The molecule has 0 aliphatic carbocycles. The van der Waals surface area contributed by atoms with E-state index < -0.39 is 5.25 Å². The second-order valence-electron chi connectivity index (χ2n) is 6.78. The average molecular weight is 445 g/mol. The molecule has 2 aromatic carbocycles. The first kappa shape index (κ1) is 22.6. The predicted molar refractivity (Wildman–Crippen MR) is 118 cm³/mol. The number of ether oxygens (including phenoxy) is 2. The largest absolute Gasteiger partial charge is 0.497 e. The van der Waals surface area contributed by atoms with Crippen molar-refractivity contribution in [1.82, 2.24) is 14.8 Å². The van der Waals surface area contributed by atoms with Gasteiger partial charge in [-0.1, -0.05) is 11.8 Å². The smallest absolute Gasteiger partial charge is 0.237 e. The molecule has 1 N–H and O–H groups in total. The number of methoxy groups -OCH3 is 1. The van der Waals surface area contributed by atoms with E-state index in [1.807, 2.05) is 42.7 Å². The Balaban J connectivity index is 1.66. The lowest BCUT2D eigenvalue weighted by atomic mass is 10.3. The number of nitrogens with zero attached hydrogens (tertiary/aromatic N) is 3. The number of rotatable bonds is 9. The van der Waals surface area contributed by atoms with E-state index in [1.54, 1.807) is 14.0 Å². The minimum atomic E-state index is -0.426. The number of hydrogen-bond acceptors (Lipinski definition) is 6. The van der Waals surface area contributed by atoms with Crippen molar-refractivity contribution in [3.63, 3.8) is 0 Å². The van der Waals surface area contributed by atoms with Crippen molar-refractivity contribution in [3.8, 4) is 11.5 Å². The van der Waals surface area contributed by atoms with Gasteiger partial charge in [0, 0.05) is 12.2 Å². The quantitative estimate of drug-likeness (QED) is 0.482. The van der Waals surface area contributed by atoms with Crippen LogP contribution in [0.25, 0.3) is 0 Å². The Kier molecular flexibility index (Phi) is 7.51. The van der Waals surface area contributed by atoms with E-state index in [2.05, 4.69) is 15.5 Å². The van der Waals surface area contributed by atoms with E-state index >= 15 is 0 Å². The second-order valence-corrected chi connectivity index (χ2v) is 8.08. The van der Waals surface area contributed by atoms with Crippen LogP contribution in [-0.4, -0.2) is 33.0 Å². The minimum Gasteiger partial charge on any atom is -0.497 e. The summed E-state index contributed by atoms with van der Waals surface area (Å²) in [6, 6.07) is 13.0. The first-order valence-electron chi connectivity index (χ1n) is 9.88. The van der Waals surface area contributed by atoms with Crippen LogP contribution in [0.3, 0.4) is 0 Å². The summed E-state index contributed by atoms with van der Waals surface area (Å²) < 4.78 is 26.1. The molecule has 2 atom stereocenters. The summed E-state index contributed by atoms with van der Waals surface area (Å²) in [5.41, 5.74) is 0.540. The number of anilines is 1. The molecule has 0 saturated heterocycles. The highest BCUT2D eigenvalue weighted by molar-refractivity contribution is 8.00. The van der Waals surface area contributed by atoms with Crippen LogP contribution in [-0.2, 0) is 11.3 Å². The van der Waals surface area contributed by atoms with Crippen LogP contribution in [0.5, 0.6) is 11.5 Å². The van der Waals surface area contributed by atoms with Crippen molar-refractivity contribution in [2.45, 2.75) is 43.8 Å². The number of hydrogen-bond donors (Lipinski definition) is 1. The standard InChI is InChI=1S/C22H25FN4O3S/c1-5-27-20(14(2)30-19-12-10-18(29-4)11-13-19)25-26-22(27)31-15(3)21(28)24-17-8-6-16(23)7-9-17/h6-15H,5H2,1-4H3,(H,24,28). The van der Waals surface area contributed by atoms with Gasteiger partial charge in [0.15, 0.2) is 17.1 Å². The Morgan fingerprint density at radius 3 is 2.35 bits per heavy atom. The third-order valence-corrected chi connectivity index (χ3v) is 5.64. The molecule has 0 radical (unpaired) electrons. The van der Waals surface area contributed by atoms with Gasteiger partial charge in [-0.15, -0.1) is 10.2 Å². The predicted octanol–water partition coefficient (Wildman–Crippen LogP) is 4.71. The molecule has 0 aliphatic rings. The van der Waals surface area contributed by atoms with Gasteiger partial charge in [-0.25, -0.2) is 4.39 Å².